The van der Waals surface area contributed by atoms with Crippen LogP contribution in [0.5, 0.6) is 0 Å². The Kier molecular flexibility index (Phi) is 4.64. The van der Waals surface area contributed by atoms with Crippen LogP contribution in [0, 0.1) is 5.92 Å². The van der Waals surface area contributed by atoms with Gasteiger partial charge in [0, 0.05) is 25.6 Å². The Morgan fingerprint density at radius 2 is 1.81 bits per heavy atom. The molecule has 0 aromatic rings. The normalized spacial score (nSPS) is 21.2. The molecule has 0 radical (unpaired) electrons. The fourth-order valence-electron chi connectivity index (χ4n) is 2.48. The lowest BCUT2D eigenvalue weighted by Gasteiger charge is -2.09. The maximum atomic E-state index is 11.5. The Hall–Kier alpha value is -0.570. The molecule has 2 N–H and O–H groups in total. The van der Waals surface area contributed by atoms with Gasteiger partial charge in [0.1, 0.15) is 0 Å². The molecular formula is C13H24N2O. The van der Waals surface area contributed by atoms with Crippen LogP contribution >= 0.6 is 0 Å². The van der Waals surface area contributed by atoms with Crippen LogP contribution in [0.2, 0.25) is 0 Å². The number of rotatable bonds is 7. The Morgan fingerprint density at radius 1 is 1.06 bits per heavy atom. The second-order valence-corrected chi connectivity index (χ2v) is 5.27. The summed E-state index contributed by atoms with van der Waals surface area (Å²) < 4.78 is 0. The minimum atomic E-state index is 0.214. The van der Waals surface area contributed by atoms with E-state index in [1.54, 1.807) is 0 Å². The number of nitrogens with one attached hydrogen (secondary N) is 2. The van der Waals surface area contributed by atoms with Crippen LogP contribution in [0.15, 0.2) is 0 Å². The summed E-state index contributed by atoms with van der Waals surface area (Å²) in [6.45, 7) is 1.73. The van der Waals surface area contributed by atoms with Crippen molar-refractivity contribution in [1.29, 1.82) is 0 Å². The molecule has 0 heterocycles. The van der Waals surface area contributed by atoms with Gasteiger partial charge in [-0.2, -0.15) is 0 Å². The van der Waals surface area contributed by atoms with E-state index in [1.165, 1.54) is 44.9 Å². The average Bonchev–Trinajstić information content (AvgIpc) is 2.94. The topological polar surface area (TPSA) is 41.1 Å². The second kappa shape index (κ2) is 6.24. The minimum absolute atomic E-state index is 0.214. The smallest absolute Gasteiger partial charge is 0.221 e. The van der Waals surface area contributed by atoms with Crippen LogP contribution in [-0.4, -0.2) is 25.0 Å². The second-order valence-electron chi connectivity index (χ2n) is 5.27. The van der Waals surface area contributed by atoms with Crippen LogP contribution < -0.4 is 10.6 Å². The molecule has 0 aromatic heterocycles. The molecule has 2 fully saturated rings. The molecule has 0 spiro atoms. The maximum absolute atomic E-state index is 11.5. The predicted molar refractivity (Wildman–Crippen MR) is 65.2 cm³/mol. The molecule has 3 heteroatoms. The molecule has 0 saturated heterocycles. The highest BCUT2D eigenvalue weighted by Crippen LogP contribution is 2.26. The average molecular weight is 224 g/mol. The molecule has 0 bridgehead atoms. The molecule has 3 nitrogen and oxygen atoms in total. The summed E-state index contributed by atoms with van der Waals surface area (Å²) in [5, 5.41) is 6.38. The fourth-order valence-corrected chi connectivity index (χ4v) is 2.48. The van der Waals surface area contributed by atoms with E-state index in [4.69, 9.17) is 0 Å². The van der Waals surface area contributed by atoms with Crippen molar-refractivity contribution in [3.05, 3.63) is 0 Å². The van der Waals surface area contributed by atoms with Crippen LogP contribution in [0.1, 0.15) is 51.4 Å². The third-order valence-corrected chi connectivity index (χ3v) is 3.71. The van der Waals surface area contributed by atoms with E-state index >= 15 is 0 Å². The lowest BCUT2D eigenvalue weighted by atomic mass is 10.0. The van der Waals surface area contributed by atoms with Crippen molar-refractivity contribution >= 4 is 5.91 Å². The van der Waals surface area contributed by atoms with Gasteiger partial charge < -0.3 is 10.6 Å². The van der Waals surface area contributed by atoms with Gasteiger partial charge in [0.15, 0.2) is 0 Å². The van der Waals surface area contributed by atoms with E-state index in [0.717, 1.165) is 19.0 Å². The van der Waals surface area contributed by atoms with E-state index in [2.05, 4.69) is 10.6 Å². The van der Waals surface area contributed by atoms with Crippen molar-refractivity contribution in [1.82, 2.24) is 10.6 Å². The molecule has 2 saturated carbocycles. The molecule has 92 valence electrons. The number of hydrogen-bond acceptors (Lipinski definition) is 2. The number of carbonyl (C=O) groups is 1. The Bertz CT molecular complexity index is 220. The molecule has 16 heavy (non-hydrogen) atoms. The van der Waals surface area contributed by atoms with Crippen molar-refractivity contribution in [2.75, 3.05) is 13.1 Å². The summed E-state index contributed by atoms with van der Waals surface area (Å²) >= 11 is 0. The highest BCUT2D eigenvalue weighted by molar-refractivity contribution is 5.76. The van der Waals surface area contributed by atoms with Gasteiger partial charge in [-0.15, -0.1) is 0 Å². The Balaban J connectivity index is 1.43. The molecule has 2 rings (SSSR count). The third kappa shape index (κ3) is 4.52. The first-order valence-electron chi connectivity index (χ1n) is 6.84. The molecular weight excluding hydrogens is 200 g/mol. The summed E-state index contributed by atoms with van der Waals surface area (Å²) in [6.07, 6.45) is 9.95. The Labute approximate surface area is 98.4 Å². The summed E-state index contributed by atoms with van der Waals surface area (Å²) in [4.78, 5) is 11.5. The lowest BCUT2D eigenvalue weighted by molar-refractivity contribution is -0.121. The molecule has 2 aliphatic rings. The molecule has 0 aliphatic heterocycles. The minimum Gasteiger partial charge on any atom is -0.356 e. The van der Waals surface area contributed by atoms with Crippen LogP contribution in [0.3, 0.4) is 0 Å². The van der Waals surface area contributed by atoms with Crippen LogP contribution in [0.4, 0.5) is 0 Å². The first kappa shape index (κ1) is 11.9. The number of amides is 1. The highest BCUT2D eigenvalue weighted by Gasteiger charge is 2.20. The van der Waals surface area contributed by atoms with Crippen molar-refractivity contribution in [2.24, 2.45) is 5.92 Å². The van der Waals surface area contributed by atoms with Crippen molar-refractivity contribution in [3.8, 4) is 0 Å². The zero-order valence-corrected chi connectivity index (χ0v) is 10.1. The van der Waals surface area contributed by atoms with Crippen molar-refractivity contribution in [3.63, 3.8) is 0 Å². The van der Waals surface area contributed by atoms with Gasteiger partial charge in [-0.3, -0.25) is 4.79 Å². The molecule has 0 unspecified atom stereocenters. The standard InChI is InChI=1S/C13H24N2O/c16-13(8-10-14-12-5-6-12)15-9-7-11-3-1-2-4-11/h11-12,14H,1-10H2,(H,15,16). The summed E-state index contributed by atoms with van der Waals surface area (Å²) in [6, 6.07) is 0.714. The molecule has 0 aromatic carbocycles. The van der Waals surface area contributed by atoms with Gasteiger partial charge >= 0.3 is 0 Å². The third-order valence-electron chi connectivity index (χ3n) is 3.71. The molecule has 1 amide bonds. The first-order chi connectivity index (χ1) is 7.84. The maximum Gasteiger partial charge on any atom is 0.221 e. The predicted octanol–water partition coefficient (Wildman–Crippen LogP) is 1.82. The SMILES string of the molecule is O=C(CCNC1CC1)NCCC1CCCC1. The quantitative estimate of drug-likeness (QED) is 0.692. The summed E-state index contributed by atoms with van der Waals surface area (Å²) in [7, 11) is 0. The van der Waals surface area contributed by atoms with Crippen molar-refractivity contribution in [2.45, 2.75) is 57.4 Å². The van der Waals surface area contributed by atoms with E-state index in [0.29, 0.717) is 12.5 Å². The molecule has 0 atom stereocenters. The zero-order valence-electron chi connectivity index (χ0n) is 10.1. The van der Waals surface area contributed by atoms with Gasteiger partial charge in [-0.1, -0.05) is 25.7 Å². The first-order valence-corrected chi connectivity index (χ1v) is 6.84. The lowest BCUT2D eigenvalue weighted by Crippen LogP contribution is -2.29. The van der Waals surface area contributed by atoms with Crippen LogP contribution in [-0.2, 0) is 4.79 Å². The van der Waals surface area contributed by atoms with Crippen molar-refractivity contribution < 1.29 is 4.79 Å². The largest absolute Gasteiger partial charge is 0.356 e. The monoisotopic (exact) mass is 224 g/mol. The highest BCUT2D eigenvalue weighted by atomic mass is 16.1. The van der Waals surface area contributed by atoms with Gasteiger partial charge in [-0.25, -0.2) is 0 Å². The number of hydrogen-bond donors (Lipinski definition) is 2. The van der Waals surface area contributed by atoms with E-state index in [-0.39, 0.29) is 5.91 Å². The van der Waals surface area contributed by atoms with E-state index < -0.39 is 0 Å². The van der Waals surface area contributed by atoms with E-state index in [9.17, 15) is 4.79 Å². The van der Waals surface area contributed by atoms with Crippen LogP contribution in [0.25, 0.3) is 0 Å². The molecule has 2 aliphatic carbocycles. The summed E-state index contributed by atoms with van der Waals surface area (Å²) in [5.41, 5.74) is 0. The van der Waals surface area contributed by atoms with E-state index in [1.807, 2.05) is 0 Å². The van der Waals surface area contributed by atoms with Gasteiger partial charge in [-0.05, 0) is 25.2 Å². The van der Waals surface area contributed by atoms with Gasteiger partial charge in [0.25, 0.3) is 0 Å². The Morgan fingerprint density at radius 3 is 2.50 bits per heavy atom. The van der Waals surface area contributed by atoms with Gasteiger partial charge in [0.05, 0.1) is 0 Å². The fraction of sp³-hybridized carbons (Fsp3) is 0.923. The van der Waals surface area contributed by atoms with Gasteiger partial charge in [0.2, 0.25) is 5.91 Å². The summed E-state index contributed by atoms with van der Waals surface area (Å²) in [5.74, 6) is 1.09. The number of carbonyl (C=O) groups excluding carboxylic acids is 1. The zero-order chi connectivity index (χ0) is 11.2.